The van der Waals surface area contributed by atoms with Crippen LogP contribution in [0, 0.1) is 18.6 Å². The van der Waals surface area contributed by atoms with Crippen molar-refractivity contribution in [3.8, 4) is 0 Å². The fourth-order valence-electron chi connectivity index (χ4n) is 1.13. The Bertz CT molecular complexity index is 546. The molecule has 6 heteroatoms. The van der Waals surface area contributed by atoms with E-state index in [1.54, 1.807) is 22.2 Å². The summed E-state index contributed by atoms with van der Waals surface area (Å²) < 4.78 is 2.12. The maximum absolute atomic E-state index is 5.04. The molecular formula is C9H10N4S2. The Hall–Kier alpha value is -1.27. The predicted molar refractivity (Wildman–Crippen MR) is 64.2 cm³/mol. The minimum Gasteiger partial charge on any atom is -0.250 e. The van der Waals surface area contributed by atoms with Crippen LogP contribution in [0.3, 0.4) is 0 Å². The Kier molecular flexibility index (Phi) is 2.79. The number of aromatic amines is 1. The van der Waals surface area contributed by atoms with Crippen molar-refractivity contribution in [2.24, 2.45) is 5.10 Å². The molecule has 0 aliphatic carbocycles. The lowest BCUT2D eigenvalue weighted by molar-refractivity contribution is 0.821. The number of hydrogen-bond donors (Lipinski definition) is 1. The summed E-state index contributed by atoms with van der Waals surface area (Å²) in [5, 5.41) is 13.0. The molecule has 2 rings (SSSR count). The third kappa shape index (κ3) is 2.05. The highest BCUT2D eigenvalue weighted by atomic mass is 32.1. The van der Waals surface area contributed by atoms with Gasteiger partial charge in [0.15, 0.2) is 0 Å². The Morgan fingerprint density at radius 1 is 1.60 bits per heavy atom. The van der Waals surface area contributed by atoms with Gasteiger partial charge in [0.1, 0.15) is 5.82 Å². The molecule has 0 saturated carbocycles. The molecule has 0 unspecified atom stereocenters. The van der Waals surface area contributed by atoms with Crippen LogP contribution in [-0.2, 0) is 0 Å². The average molecular weight is 238 g/mol. The summed E-state index contributed by atoms with van der Waals surface area (Å²) in [4.78, 5) is 1.14. The zero-order valence-electron chi connectivity index (χ0n) is 8.39. The first kappa shape index (κ1) is 10.3. The van der Waals surface area contributed by atoms with Crippen LogP contribution in [0.5, 0.6) is 0 Å². The molecule has 0 saturated heterocycles. The molecule has 0 atom stereocenters. The molecule has 78 valence electrons. The maximum Gasteiger partial charge on any atom is 0.216 e. The fraction of sp³-hybridized carbons (Fsp3) is 0.222. The van der Waals surface area contributed by atoms with Crippen LogP contribution >= 0.6 is 23.6 Å². The van der Waals surface area contributed by atoms with Crippen LogP contribution in [0.15, 0.2) is 16.5 Å². The van der Waals surface area contributed by atoms with E-state index in [9.17, 15) is 0 Å². The van der Waals surface area contributed by atoms with Gasteiger partial charge >= 0.3 is 0 Å². The van der Waals surface area contributed by atoms with E-state index in [1.165, 1.54) is 5.56 Å². The number of H-pyrrole nitrogens is 1. The van der Waals surface area contributed by atoms with Crippen LogP contribution in [0.2, 0.25) is 0 Å². The van der Waals surface area contributed by atoms with Crippen molar-refractivity contribution in [2.45, 2.75) is 13.8 Å². The molecule has 0 spiro atoms. The first-order chi connectivity index (χ1) is 7.18. The van der Waals surface area contributed by atoms with Gasteiger partial charge in [-0.1, -0.05) is 0 Å². The van der Waals surface area contributed by atoms with Crippen LogP contribution in [-0.4, -0.2) is 21.1 Å². The summed E-state index contributed by atoms with van der Waals surface area (Å²) in [6, 6.07) is 2.06. The minimum atomic E-state index is 0.512. The first-order valence-corrected chi connectivity index (χ1v) is 5.70. The van der Waals surface area contributed by atoms with Crippen molar-refractivity contribution in [3.05, 3.63) is 32.5 Å². The smallest absolute Gasteiger partial charge is 0.216 e. The molecule has 2 aromatic rings. The van der Waals surface area contributed by atoms with Crippen molar-refractivity contribution in [3.63, 3.8) is 0 Å². The number of thiophene rings is 1. The number of hydrogen-bond acceptors (Lipinski definition) is 4. The zero-order valence-corrected chi connectivity index (χ0v) is 10.0. The quantitative estimate of drug-likeness (QED) is 0.645. The molecule has 4 nitrogen and oxygen atoms in total. The number of rotatable bonds is 2. The fourth-order valence-corrected chi connectivity index (χ4v) is 2.14. The van der Waals surface area contributed by atoms with E-state index < -0.39 is 0 Å². The van der Waals surface area contributed by atoms with E-state index in [4.69, 9.17) is 12.2 Å². The first-order valence-electron chi connectivity index (χ1n) is 4.41. The van der Waals surface area contributed by atoms with Crippen molar-refractivity contribution >= 4 is 29.8 Å². The lowest BCUT2D eigenvalue weighted by Crippen LogP contribution is -1.93. The monoisotopic (exact) mass is 238 g/mol. The van der Waals surface area contributed by atoms with Gasteiger partial charge in [0.05, 0.1) is 11.1 Å². The highest BCUT2D eigenvalue weighted by Gasteiger charge is 1.99. The summed E-state index contributed by atoms with van der Waals surface area (Å²) >= 11 is 6.69. The van der Waals surface area contributed by atoms with Gasteiger partial charge in [0.2, 0.25) is 4.77 Å². The summed E-state index contributed by atoms with van der Waals surface area (Å²) in [6.07, 6.45) is 1.80. The Labute approximate surface area is 96.3 Å². The van der Waals surface area contributed by atoms with Crippen molar-refractivity contribution in [1.29, 1.82) is 0 Å². The lowest BCUT2D eigenvalue weighted by Gasteiger charge is -1.93. The minimum absolute atomic E-state index is 0.512. The number of nitrogens with one attached hydrogen (secondary N) is 1. The highest BCUT2D eigenvalue weighted by Crippen LogP contribution is 2.12. The summed E-state index contributed by atoms with van der Waals surface area (Å²) in [6.45, 7) is 3.91. The topological polar surface area (TPSA) is 46.0 Å². The van der Waals surface area contributed by atoms with Crippen LogP contribution in [0.4, 0.5) is 0 Å². The normalized spacial score (nSPS) is 11.3. The highest BCUT2D eigenvalue weighted by molar-refractivity contribution is 7.71. The van der Waals surface area contributed by atoms with Gasteiger partial charge in [-0.15, -0.1) is 11.3 Å². The van der Waals surface area contributed by atoms with Crippen LogP contribution in [0.25, 0.3) is 0 Å². The van der Waals surface area contributed by atoms with Crippen LogP contribution < -0.4 is 0 Å². The second-order valence-electron chi connectivity index (χ2n) is 3.10. The van der Waals surface area contributed by atoms with E-state index in [2.05, 4.69) is 28.3 Å². The summed E-state index contributed by atoms with van der Waals surface area (Å²) in [7, 11) is 0. The Morgan fingerprint density at radius 3 is 2.93 bits per heavy atom. The summed E-state index contributed by atoms with van der Waals surface area (Å²) in [5.41, 5.74) is 1.22. The van der Waals surface area contributed by atoms with E-state index >= 15 is 0 Å². The molecule has 0 fully saturated rings. The van der Waals surface area contributed by atoms with Gasteiger partial charge < -0.3 is 0 Å². The number of aromatic nitrogens is 3. The molecule has 0 radical (unpaired) electrons. The van der Waals surface area contributed by atoms with Gasteiger partial charge in [-0.25, -0.2) is 0 Å². The lowest BCUT2D eigenvalue weighted by atomic mass is 10.3. The average Bonchev–Trinajstić information content (AvgIpc) is 2.73. The van der Waals surface area contributed by atoms with E-state index in [-0.39, 0.29) is 0 Å². The molecule has 1 N–H and O–H groups in total. The molecule has 2 aromatic heterocycles. The Morgan fingerprint density at radius 2 is 2.40 bits per heavy atom. The van der Waals surface area contributed by atoms with Gasteiger partial charge in [0, 0.05) is 0 Å². The third-order valence-electron chi connectivity index (χ3n) is 2.00. The van der Waals surface area contributed by atoms with Gasteiger partial charge in [-0.3, -0.25) is 5.10 Å². The molecule has 0 bridgehead atoms. The second-order valence-corrected chi connectivity index (χ2v) is 4.43. The predicted octanol–water partition coefficient (Wildman–Crippen LogP) is 2.50. The molecule has 2 heterocycles. The van der Waals surface area contributed by atoms with E-state index in [1.807, 2.05) is 12.3 Å². The number of aryl methyl sites for hydroxylation is 2. The maximum atomic E-state index is 5.04. The standard InChI is InChI=1S/C9H10N4S2/c1-6-3-4-15-8(6)5-10-13-7(2)11-12-9(13)14/h3-5H,1-2H3,(H,12,14)/b10-5-. The molecule has 0 amide bonds. The zero-order chi connectivity index (χ0) is 10.8. The molecule has 0 aromatic carbocycles. The molecular weight excluding hydrogens is 228 g/mol. The summed E-state index contributed by atoms with van der Waals surface area (Å²) in [5.74, 6) is 0.755. The van der Waals surface area contributed by atoms with Gasteiger partial charge in [-0.05, 0) is 43.1 Å². The van der Waals surface area contributed by atoms with E-state index in [0.29, 0.717) is 4.77 Å². The molecule has 0 aliphatic heterocycles. The van der Waals surface area contributed by atoms with Gasteiger partial charge in [0.25, 0.3) is 0 Å². The second kappa shape index (κ2) is 4.08. The number of nitrogens with zero attached hydrogens (tertiary/aromatic N) is 3. The van der Waals surface area contributed by atoms with Crippen molar-refractivity contribution in [1.82, 2.24) is 14.9 Å². The molecule has 0 aliphatic rings. The SMILES string of the molecule is Cc1ccsc1/C=N\n1c(C)n[nH]c1=S. The van der Waals surface area contributed by atoms with Crippen molar-refractivity contribution < 1.29 is 0 Å². The largest absolute Gasteiger partial charge is 0.250 e. The van der Waals surface area contributed by atoms with Crippen LogP contribution in [0.1, 0.15) is 16.3 Å². The van der Waals surface area contributed by atoms with Gasteiger partial charge in [-0.2, -0.15) is 14.9 Å². The molecule has 15 heavy (non-hydrogen) atoms. The third-order valence-corrected chi connectivity index (χ3v) is 3.22. The Balaban J connectivity index is 2.34. The van der Waals surface area contributed by atoms with Crippen molar-refractivity contribution in [2.75, 3.05) is 0 Å². The van der Waals surface area contributed by atoms with E-state index in [0.717, 1.165) is 10.7 Å².